The van der Waals surface area contributed by atoms with Gasteiger partial charge in [0.05, 0.1) is 6.54 Å². The smallest absolute Gasteiger partial charge is 0.241 e. The summed E-state index contributed by atoms with van der Waals surface area (Å²) in [4.78, 5) is 15.8. The van der Waals surface area contributed by atoms with E-state index >= 15 is 0 Å². The Kier molecular flexibility index (Phi) is 4.43. The van der Waals surface area contributed by atoms with E-state index in [2.05, 4.69) is 42.3 Å². The highest BCUT2D eigenvalue weighted by molar-refractivity contribution is 5.82. The van der Waals surface area contributed by atoms with E-state index < -0.39 is 0 Å². The number of hydrogen-bond donors (Lipinski definition) is 1. The third-order valence-electron chi connectivity index (χ3n) is 3.49. The molecule has 1 fully saturated rings. The van der Waals surface area contributed by atoms with Gasteiger partial charge in [0.2, 0.25) is 5.91 Å². The zero-order valence-electron chi connectivity index (χ0n) is 12.0. The molecule has 4 heteroatoms. The molecular formula is C15H23N3O. The minimum absolute atomic E-state index is 0.192. The van der Waals surface area contributed by atoms with Gasteiger partial charge in [-0.05, 0) is 11.6 Å². The number of para-hydroxylation sites is 1. The van der Waals surface area contributed by atoms with Gasteiger partial charge in [-0.25, -0.2) is 0 Å². The summed E-state index contributed by atoms with van der Waals surface area (Å²) in [6, 6.07) is 8.79. The van der Waals surface area contributed by atoms with Crippen molar-refractivity contribution in [1.82, 2.24) is 10.2 Å². The average Bonchev–Trinajstić information content (AvgIpc) is 2.40. The Morgan fingerprint density at radius 1 is 1.26 bits per heavy atom. The maximum absolute atomic E-state index is 11.8. The van der Waals surface area contributed by atoms with Gasteiger partial charge in [-0.15, -0.1) is 0 Å². The van der Waals surface area contributed by atoms with Gasteiger partial charge in [-0.3, -0.25) is 4.79 Å². The molecule has 1 aliphatic rings. The van der Waals surface area contributed by atoms with E-state index in [4.69, 9.17) is 0 Å². The van der Waals surface area contributed by atoms with Crippen molar-refractivity contribution in [3.63, 3.8) is 0 Å². The molecule has 1 aromatic rings. The van der Waals surface area contributed by atoms with Gasteiger partial charge >= 0.3 is 0 Å². The quantitative estimate of drug-likeness (QED) is 0.891. The van der Waals surface area contributed by atoms with Crippen LogP contribution in [0.3, 0.4) is 0 Å². The zero-order valence-corrected chi connectivity index (χ0v) is 12.0. The van der Waals surface area contributed by atoms with Crippen LogP contribution in [0.25, 0.3) is 0 Å². The van der Waals surface area contributed by atoms with Gasteiger partial charge < -0.3 is 15.1 Å². The molecule has 0 bridgehead atoms. The van der Waals surface area contributed by atoms with E-state index in [1.54, 1.807) is 4.90 Å². The van der Waals surface area contributed by atoms with Gasteiger partial charge in [0.25, 0.3) is 0 Å². The summed E-state index contributed by atoms with van der Waals surface area (Å²) in [5, 5.41) is 3.44. The molecule has 2 rings (SSSR count). The Balaban J connectivity index is 2.13. The Hall–Kier alpha value is -1.55. The van der Waals surface area contributed by atoms with E-state index in [9.17, 15) is 4.79 Å². The van der Waals surface area contributed by atoms with Gasteiger partial charge in [0, 0.05) is 38.4 Å². The number of piperazine rings is 1. The van der Waals surface area contributed by atoms with E-state index in [0.29, 0.717) is 12.6 Å². The molecule has 0 aromatic heterocycles. The first-order valence-electron chi connectivity index (χ1n) is 6.88. The van der Waals surface area contributed by atoms with Crippen molar-refractivity contribution in [3.8, 4) is 0 Å². The molecule has 4 nitrogen and oxygen atoms in total. The number of anilines is 1. The van der Waals surface area contributed by atoms with Crippen LogP contribution in [0.2, 0.25) is 0 Å². The molecule has 1 heterocycles. The average molecular weight is 261 g/mol. The fourth-order valence-corrected chi connectivity index (χ4v) is 2.25. The predicted octanol–water partition coefficient (Wildman–Crippen LogP) is 1.46. The number of carbonyl (C=O) groups excluding carboxylic acids is 1. The van der Waals surface area contributed by atoms with Gasteiger partial charge in [-0.1, -0.05) is 32.0 Å². The normalized spacial score (nSPS) is 16.3. The Morgan fingerprint density at radius 3 is 2.68 bits per heavy atom. The van der Waals surface area contributed by atoms with Crippen LogP contribution >= 0.6 is 0 Å². The molecule has 0 saturated carbocycles. The van der Waals surface area contributed by atoms with E-state index in [1.165, 1.54) is 11.3 Å². The summed E-state index contributed by atoms with van der Waals surface area (Å²) in [7, 11) is 1.87. The number of rotatable bonds is 4. The van der Waals surface area contributed by atoms with Gasteiger partial charge in [0.1, 0.15) is 0 Å². The molecule has 1 saturated heterocycles. The third kappa shape index (κ3) is 3.47. The van der Waals surface area contributed by atoms with Crippen LogP contribution in [0.5, 0.6) is 0 Å². The number of amides is 1. The minimum atomic E-state index is 0.192. The van der Waals surface area contributed by atoms with E-state index in [1.807, 2.05) is 13.1 Å². The van der Waals surface area contributed by atoms with Crippen LogP contribution in [0.1, 0.15) is 19.4 Å². The van der Waals surface area contributed by atoms with Crippen LogP contribution in [-0.4, -0.2) is 43.5 Å². The van der Waals surface area contributed by atoms with Crippen molar-refractivity contribution >= 4 is 11.6 Å². The zero-order chi connectivity index (χ0) is 13.8. The first kappa shape index (κ1) is 13.9. The lowest BCUT2D eigenvalue weighted by Crippen LogP contribution is -2.48. The topological polar surface area (TPSA) is 35.6 Å². The maximum Gasteiger partial charge on any atom is 0.241 e. The molecule has 104 valence electrons. The second-order valence-corrected chi connectivity index (χ2v) is 5.40. The lowest BCUT2D eigenvalue weighted by molar-refractivity contribution is -0.129. The van der Waals surface area contributed by atoms with Crippen molar-refractivity contribution in [1.29, 1.82) is 0 Å². The van der Waals surface area contributed by atoms with Crippen molar-refractivity contribution < 1.29 is 4.79 Å². The lowest BCUT2D eigenvalue weighted by atomic mass is 10.1. The monoisotopic (exact) mass is 261 g/mol. The summed E-state index contributed by atoms with van der Waals surface area (Å²) >= 11 is 0. The summed E-state index contributed by atoms with van der Waals surface area (Å²) in [6.07, 6.45) is 0. The number of carbonyl (C=O) groups is 1. The Labute approximate surface area is 115 Å². The molecule has 0 aliphatic carbocycles. The predicted molar refractivity (Wildman–Crippen MR) is 78.3 cm³/mol. The molecule has 1 aliphatic heterocycles. The van der Waals surface area contributed by atoms with E-state index in [0.717, 1.165) is 19.6 Å². The highest BCUT2D eigenvalue weighted by Crippen LogP contribution is 2.22. The van der Waals surface area contributed by atoms with Crippen LogP contribution in [0.15, 0.2) is 24.3 Å². The van der Waals surface area contributed by atoms with Crippen LogP contribution in [0.4, 0.5) is 5.69 Å². The Bertz CT molecular complexity index is 445. The first-order chi connectivity index (χ1) is 9.08. The molecule has 1 amide bonds. The number of nitrogens with one attached hydrogen (secondary N) is 1. The number of likely N-dealkylation sites (N-methyl/N-ethyl adjacent to an activating group) is 1. The molecular weight excluding hydrogens is 238 g/mol. The van der Waals surface area contributed by atoms with Crippen molar-refractivity contribution in [2.45, 2.75) is 26.4 Å². The summed E-state index contributed by atoms with van der Waals surface area (Å²) in [5.41, 5.74) is 2.44. The molecule has 19 heavy (non-hydrogen) atoms. The van der Waals surface area contributed by atoms with Crippen molar-refractivity contribution in [2.75, 3.05) is 31.6 Å². The number of hydrogen-bond acceptors (Lipinski definition) is 3. The van der Waals surface area contributed by atoms with Gasteiger partial charge in [-0.2, -0.15) is 0 Å². The second kappa shape index (κ2) is 6.06. The van der Waals surface area contributed by atoms with E-state index in [-0.39, 0.29) is 5.91 Å². The third-order valence-corrected chi connectivity index (χ3v) is 3.49. The number of nitrogens with zero attached hydrogens (tertiary/aromatic N) is 2. The minimum Gasteiger partial charge on any atom is -0.360 e. The van der Waals surface area contributed by atoms with Gasteiger partial charge in [0.15, 0.2) is 0 Å². The largest absolute Gasteiger partial charge is 0.360 e. The van der Waals surface area contributed by atoms with Crippen LogP contribution in [-0.2, 0) is 11.3 Å². The summed E-state index contributed by atoms with van der Waals surface area (Å²) in [5.74, 6) is 0.192. The molecule has 1 N–H and O–H groups in total. The fraction of sp³-hybridized carbons (Fsp3) is 0.533. The fourth-order valence-electron chi connectivity index (χ4n) is 2.25. The van der Waals surface area contributed by atoms with Crippen LogP contribution < -0.4 is 10.2 Å². The molecule has 0 unspecified atom stereocenters. The highest BCUT2D eigenvalue weighted by Gasteiger charge is 2.22. The number of benzene rings is 1. The molecule has 1 aromatic carbocycles. The second-order valence-electron chi connectivity index (χ2n) is 5.40. The molecule has 0 spiro atoms. The van der Waals surface area contributed by atoms with Crippen LogP contribution in [0, 0.1) is 0 Å². The Morgan fingerprint density at radius 2 is 2.00 bits per heavy atom. The first-order valence-corrected chi connectivity index (χ1v) is 6.88. The molecule has 0 radical (unpaired) electrons. The maximum atomic E-state index is 11.8. The van der Waals surface area contributed by atoms with Crippen molar-refractivity contribution in [3.05, 3.63) is 29.8 Å². The SMILES string of the molecule is CC(C)NCc1ccccc1N1CCN(C)C(=O)C1. The van der Waals surface area contributed by atoms with Crippen molar-refractivity contribution in [2.24, 2.45) is 0 Å². The molecule has 0 atom stereocenters. The summed E-state index contributed by atoms with van der Waals surface area (Å²) < 4.78 is 0. The highest BCUT2D eigenvalue weighted by atomic mass is 16.2. The standard InChI is InChI=1S/C15H23N3O/c1-12(2)16-10-13-6-4-5-7-14(13)18-9-8-17(3)15(19)11-18/h4-7,12,16H,8-11H2,1-3H3. The lowest BCUT2D eigenvalue weighted by Gasteiger charge is -2.34. The summed E-state index contributed by atoms with van der Waals surface area (Å²) in [6.45, 7) is 7.30.